The number of aromatic nitrogens is 2. The van der Waals surface area contributed by atoms with E-state index in [1.165, 1.54) is 24.3 Å². The molecule has 0 aliphatic rings. The molecule has 0 saturated heterocycles. The molecule has 0 unspecified atom stereocenters. The van der Waals surface area contributed by atoms with Crippen molar-refractivity contribution in [3.05, 3.63) is 79.8 Å². The molecule has 0 bridgehead atoms. The number of para-hydroxylation sites is 2. The molecule has 0 radical (unpaired) electrons. The zero-order chi connectivity index (χ0) is 24.5. The van der Waals surface area contributed by atoms with Crippen LogP contribution in [0.3, 0.4) is 0 Å². The van der Waals surface area contributed by atoms with E-state index in [1.54, 1.807) is 0 Å². The summed E-state index contributed by atoms with van der Waals surface area (Å²) in [6, 6.07) is 7.50. The summed E-state index contributed by atoms with van der Waals surface area (Å²) in [5, 5.41) is 8.47. The third-order valence-electron chi connectivity index (χ3n) is 4.27. The molecule has 0 atom stereocenters. The molecule has 2 aromatic carbocycles. The number of alkyl halides is 3. The molecule has 13 heteroatoms. The van der Waals surface area contributed by atoms with Crippen LogP contribution in [0.15, 0.2) is 52.1 Å². The van der Waals surface area contributed by atoms with Crippen LogP contribution < -0.4 is 20.7 Å². The summed E-state index contributed by atoms with van der Waals surface area (Å²) in [5.41, 5.74) is -5.10. The highest BCUT2D eigenvalue weighted by atomic mass is 35.5. The van der Waals surface area contributed by atoms with E-state index in [0.717, 1.165) is 13.1 Å². The quantitative estimate of drug-likeness (QED) is 0.532. The average Bonchev–Trinajstić information content (AvgIpc) is 2.72. The molecule has 0 amide bonds. The van der Waals surface area contributed by atoms with E-state index < -0.39 is 47.2 Å². The van der Waals surface area contributed by atoms with E-state index in [-0.39, 0.29) is 37.5 Å². The van der Waals surface area contributed by atoms with E-state index in [9.17, 15) is 31.9 Å². The summed E-state index contributed by atoms with van der Waals surface area (Å²) in [4.78, 5) is 35.5. The summed E-state index contributed by atoms with van der Waals surface area (Å²) in [6.45, 7) is -0.695. The molecule has 1 heterocycles. The topological polar surface area (TPSA) is 99.8 Å². The van der Waals surface area contributed by atoms with Crippen LogP contribution in [-0.2, 0) is 18.0 Å². The van der Waals surface area contributed by atoms with Crippen molar-refractivity contribution in [2.45, 2.75) is 6.18 Å². The number of hydrogen-bond donors (Lipinski definition) is 1. The molecular weight excluding hydrogens is 476 g/mol. The lowest BCUT2D eigenvalue weighted by atomic mass is 10.2. The fourth-order valence-corrected chi connectivity index (χ4v) is 2.99. The summed E-state index contributed by atoms with van der Waals surface area (Å²) >= 11 is 6.00. The van der Waals surface area contributed by atoms with Gasteiger partial charge in [0.1, 0.15) is 17.3 Å². The minimum Gasteiger partial charge on any atom is -0.479 e. The first kappa shape index (κ1) is 23.9. The Morgan fingerprint density at radius 2 is 1.73 bits per heavy atom. The van der Waals surface area contributed by atoms with Crippen LogP contribution >= 0.6 is 11.6 Å². The number of carbonyl (C=O) groups is 1. The number of carboxylic acids is 1. The number of benzene rings is 2. The van der Waals surface area contributed by atoms with Crippen molar-refractivity contribution in [2.75, 3.05) is 6.61 Å². The molecule has 1 N–H and O–H groups in total. The Balaban J connectivity index is 2.12. The van der Waals surface area contributed by atoms with Crippen molar-refractivity contribution in [2.24, 2.45) is 7.05 Å². The Kier molecular flexibility index (Phi) is 6.49. The van der Waals surface area contributed by atoms with E-state index >= 15 is 0 Å². The molecule has 8 nitrogen and oxygen atoms in total. The lowest BCUT2D eigenvalue weighted by Crippen LogP contribution is -2.41. The minimum absolute atomic E-state index is 0.00977. The van der Waals surface area contributed by atoms with Gasteiger partial charge in [0.25, 0.3) is 5.56 Å². The fraction of sp³-hybridized carbons (Fsp3) is 0.150. The number of hydrogen-bond acceptors (Lipinski definition) is 5. The second-order valence-corrected chi connectivity index (χ2v) is 6.92. The highest BCUT2D eigenvalue weighted by molar-refractivity contribution is 6.32. The average molecular weight is 489 g/mol. The predicted octanol–water partition coefficient (Wildman–Crippen LogP) is 3.60. The largest absolute Gasteiger partial charge is 0.479 e. The van der Waals surface area contributed by atoms with Crippen molar-refractivity contribution < 1.29 is 36.9 Å². The van der Waals surface area contributed by atoms with Gasteiger partial charge in [-0.3, -0.25) is 9.36 Å². The van der Waals surface area contributed by atoms with Crippen LogP contribution in [0.1, 0.15) is 5.69 Å². The van der Waals surface area contributed by atoms with Gasteiger partial charge in [-0.15, -0.1) is 0 Å². The zero-order valence-corrected chi connectivity index (χ0v) is 17.3. The monoisotopic (exact) mass is 488 g/mol. The van der Waals surface area contributed by atoms with E-state index in [4.69, 9.17) is 26.2 Å². The number of carboxylic acid groups (broad SMARTS) is 1. The second-order valence-electron chi connectivity index (χ2n) is 6.51. The first-order chi connectivity index (χ1) is 15.4. The van der Waals surface area contributed by atoms with Gasteiger partial charge in [0, 0.05) is 19.2 Å². The van der Waals surface area contributed by atoms with Gasteiger partial charge >= 0.3 is 17.8 Å². The Bertz CT molecular complexity index is 1350. The molecule has 0 aliphatic heterocycles. The van der Waals surface area contributed by atoms with Gasteiger partial charge in [0.05, 0.1) is 10.7 Å². The minimum atomic E-state index is -4.99. The molecule has 33 heavy (non-hydrogen) atoms. The van der Waals surface area contributed by atoms with Crippen LogP contribution in [0.5, 0.6) is 17.2 Å². The summed E-state index contributed by atoms with van der Waals surface area (Å²) in [5.74, 6) is -2.77. The lowest BCUT2D eigenvalue weighted by molar-refractivity contribution is -0.144. The molecule has 0 fully saturated rings. The molecule has 0 saturated carbocycles. The maximum atomic E-state index is 14.6. The van der Waals surface area contributed by atoms with Crippen molar-refractivity contribution in [1.82, 2.24) is 9.13 Å². The molecule has 3 rings (SSSR count). The summed E-state index contributed by atoms with van der Waals surface area (Å²) in [6.07, 6.45) is -4.99. The molecular formula is C20H13ClF4N2O6. The number of halogens is 5. The highest BCUT2D eigenvalue weighted by Crippen LogP contribution is 2.37. The third-order valence-corrected chi connectivity index (χ3v) is 4.57. The van der Waals surface area contributed by atoms with Gasteiger partial charge in [-0.25, -0.2) is 18.5 Å². The SMILES string of the molecule is Cn1c(C(F)(F)F)cc(=O)n(-c2cc(Oc3ccccc3OCC(=O)O)c(Cl)cc2F)c1=O. The van der Waals surface area contributed by atoms with E-state index in [0.29, 0.717) is 6.07 Å². The number of aliphatic carboxylic acids is 1. The normalized spacial score (nSPS) is 11.3. The number of nitrogens with zero attached hydrogens (tertiary/aromatic N) is 2. The van der Waals surface area contributed by atoms with Crippen molar-refractivity contribution in [3.63, 3.8) is 0 Å². The Morgan fingerprint density at radius 1 is 1.09 bits per heavy atom. The summed E-state index contributed by atoms with van der Waals surface area (Å²) < 4.78 is 64.8. The van der Waals surface area contributed by atoms with E-state index in [1.807, 2.05) is 0 Å². The molecule has 1 aromatic heterocycles. The van der Waals surface area contributed by atoms with Crippen LogP contribution in [0.2, 0.25) is 5.02 Å². The van der Waals surface area contributed by atoms with Gasteiger partial charge in [0.2, 0.25) is 0 Å². The molecule has 174 valence electrons. The molecule has 3 aromatic rings. The zero-order valence-electron chi connectivity index (χ0n) is 16.5. The molecule has 0 spiro atoms. The first-order valence-corrected chi connectivity index (χ1v) is 9.29. The Hall–Kier alpha value is -3.80. The van der Waals surface area contributed by atoms with Gasteiger partial charge in [-0.1, -0.05) is 23.7 Å². The third kappa shape index (κ3) is 5.00. The fourth-order valence-electron chi connectivity index (χ4n) is 2.80. The number of ether oxygens (including phenoxy) is 2. The van der Waals surface area contributed by atoms with E-state index in [2.05, 4.69) is 0 Å². The van der Waals surface area contributed by atoms with Crippen LogP contribution in [0, 0.1) is 5.82 Å². The molecule has 0 aliphatic carbocycles. The van der Waals surface area contributed by atoms with Crippen molar-refractivity contribution in [1.29, 1.82) is 0 Å². The Morgan fingerprint density at radius 3 is 2.33 bits per heavy atom. The number of rotatable bonds is 6. The first-order valence-electron chi connectivity index (χ1n) is 8.91. The Labute approximate surface area is 186 Å². The van der Waals surface area contributed by atoms with Crippen molar-refractivity contribution >= 4 is 17.6 Å². The predicted molar refractivity (Wildman–Crippen MR) is 107 cm³/mol. The van der Waals surface area contributed by atoms with Crippen LogP contribution in [0.4, 0.5) is 17.6 Å². The lowest BCUT2D eigenvalue weighted by Gasteiger charge is -2.16. The second kappa shape index (κ2) is 8.98. The van der Waals surface area contributed by atoms with Gasteiger partial charge in [0.15, 0.2) is 18.1 Å². The van der Waals surface area contributed by atoms with Gasteiger partial charge in [-0.2, -0.15) is 13.2 Å². The summed E-state index contributed by atoms with van der Waals surface area (Å²) in [7, 11) is 0.780. The maximum absolute atomic E-state index is 14.6. The maximum Gasteiger partial charge on any atom is 0.431 e. The smallest absolute Gasteiger partial charge is 0.431 e. The van der Waals surface area contributed by atoms with Crippen molar-refractivity contribution in [3.8, 4) is 22.9 Å². The van der Waals surface area contributed by atoms with Crippen LogP contribution in [0.25, 0.3) is 5.69 Å². The van der Waals surface area contributed by atoms with Crippen LogP contribution in [-0.4, -0.2) is 26.8 Å². The standard InChI is InChI=1S/C20H13ClF4N2O6/c1-26-16(20(23,24)25)8-17(28)27(19(26)31)12-7-15(10(21)6-11(12)22)33-14-5-3-2-4-13(14)32-9-18(29)30/h2-8H,9H2,1H3,(H,29,30). The highest BCUT2D eigenvalue weighted by Gasteiger charge is 2.35. The van der Waals surface area contributed by atoms with Gasteiger partial charge < -0.3 is 14.6 Å². The van der Waals surface area contributed by atoms with Gasteiger partial charge in [-0.05, 0) is 18.2 Å².